The van der Waals surface area contributed by atoms with E-state index in [1.54, 1.807) is 26.2 Å². The van der Waals surface area contributed by atoms with E-state index in [1.165, 1.54) is 11.0 Å². The lowest BCUT2D eigenvalue weighted by Gasteiger charge is -2.10. The number of likely N-dealkylation sites (N-methyl/N-ethyl adjacent to an activating group) is 1. The van der Waals surface area contributed by atoms with E-state index in [-0.39, 0.29) is 12.5 Å². The van der Waals surface area contributed by atoms with Gasteiger partial charge in [0.2, 0.25) is 0 Å². The summed E-state index contributed by atoms with van der Waals surface area (Å²) in [6, 6.07) is 4.74. The van der Waals surface area contributed by atoms with Gasteiger partial charge in [-0.3, -0.25) is 4.79 Å². The molecule has 2 N–H and O–H groups in total. The van der Waals surface area contributed by atoms with Crippen LogP contribution < -0.4 is 5.73 Å². The molecule has 1 amide bonds. The Kier molecular flexibility index (Phi) is 4.51. The first-order chi connectivity index (χ1) is 7.90. The lowest BCUT2D eigenvalue weighted by molar-refractivity contribution is -0.131. The van der Waals surface area contributed by atoms with Gasteiger partial charge >= 0.3 is 5.97 Å². The summed E-state index contributed by atoms with van der Waals surface area (Å²) in [6.07, 6.45) is 0. The Bertz CT molecular complexity index is 426. The predicted octanol–water partition coefficient (Wildman–Crippen LogP) is 1.28. The SMILES string of the molecule is CN(C)C(=O)COC(=O)c1cc(N)cc(Br)c1. The maximum absolute atomic E-state index is 11.6. The molecule has 0 unspecified atom stereocenters. The van der Waals surface area contributed by atoms with Gasteiger partial charge in [0.25, 0.3) is 5.91 Å². The number of nitrogen functional groups attached to an aromatic ring is 1. The fourth-order valence-corrected chi connectivity index (χ4v) is 1.58. The highest BCUT2D eigenvalue weighted by Crippen LogP contribution is 2.17. The monoisotopic (exact) mass is 300 g/mol. The van der Waals surface area contributed by atoms with Crippen LogP contribution >= 0.6 is 15.9 Å². The van der Waals surface area contributed by atoms with Crippen molar-refractivity contribution in [3.63, 3.8) is 0 Å². The van der Waals surface area contributed by atoms with Crippen LogP contribution in [0.4, 0.5) is 5.69 Å². The Hall–Kier alpha value is -1.56. The molecule has 0 aliphatic heterocycles. The van der Waals surface area contributed by atoms with Crippen LogP contribution in [0.5, 0.6) is 0 Å². The molecule has 0 spiro atoms. The molecule has 0 saturated heterocycles. The Labute approximate surface area is 108 Å². The molecular weight excluding hydrogens is 288 g/mol. The lowest BCUT2D eigenvalue weighted by Crippen LogP contribution is -2.27. The number of nitrogens with two attached hydrogens (primary N) is 1. The molecule has 92 valence electrons. The highest BCUT2D eigenvalue weighted by molar-refractivity contribution is 9.10. The van der Waals surface area contributed by atoms with Gasteiger partial charge in [0.15, 0.2) is 6.61 Å². The van der Waals surface area contributed by atoms with Crippen LogP contribution in [0.2, 0.25) is 0 Å². The summed E-state index contributed by atoms with van der Waals surface area (Å²) in [6.45, 7) is -0.280. The molecule has 5 nitrogen and oxygen atoms in total. The topological polar surface area (TPSA) is 72.6 Å². The molecule has 6 heteroatoms. The number of hydrogen-bond donors (Lipinski definition) is 1. The maximum atomic E-state index is 11.6. The number of halogens is 1. The fourth-order valence-electron chi connectivity index (χ4n) is 1.07. The molecule has 0 saturated carbocycles. The molecule has 17 heavy (non-hydrogen) atoms. The third kappa shape index (κ3) is 4.07. The second kappa shape index (κ2) is 5.67. The van der Waals surface area contributed by atoms with Gasteiger partial charge in [0.1, 0.15) is 0 Å². The average molecular weight is 301 g/mol. The van der Waals surface area contributed by atoms with E-state index in [2.05, 4.69) is 15.9 Å². The molecule has 1 aromatic rings. The molecule has 1 rings (SSSR count). The van der Waals surface area contributed by atoms with Gasteiger partial charge < -0.3 is 15.4 Å². The Morgan fingerprint density at radius 3 is 2.53 bits per heavy atom. The number of benzene rings is 1. The zero-order valence-corrected chi connectivity index (χ0v) is 11.2. The predicted molar refractivity (Wildman–Crippen MR) is 67.5 cm³/mol. The van der Waals surface area contributed by atoms with Gasteiger partial charge in [0, 0.05) is 24.3 Å². The standard InChI is InChI=1S/C11H13BrN2O3/c1-14(2)10(15)6-17-11(16)7-3-8(12)5-9(13)4-7/h3-5H,6,13H2,1-2H3. The van der Waals surface area contributed by atoms with Crippen molar-refractivity contribution in [2.75, 3.05) is 26.4 Å². The van der Waals surface area contributed by atoms with Gasteiger partial charge in [-0.25, -0.2) is 4.79 Å². The average Bonchev–Trinajstić information content (AvgIpc) is 2.23. The van der Waals surface area contributed by atoms with Gasteiger partial charge in [0.05, 0.1) is 5.56 Å². The maximum Gasteiger partial charge on any atom is 0.338 e. The van der Waals surface area contributed by atoms with Crippen molar-refractivity contribution in [2.24, 2.45) is 0 Å². The van der Waals surface area contributed by atoms with Crippen LogP contribution in [0.3, 0.4) is 0 Å². The van der Waals surface area contributed by atoms with E-state index < -0.39 is 5.97 Å². The quantitative estimate of drug-likeness (QED) is 0.674. The first kappa shape index (κ1) is 13.5. The Morgan fingerprint density at radius 1 is 1.35 bits per heavy atom. The minimum atomic E-state index is -0.576. The van der Waals surface area contributed by atoms with Gasteiger partial charge in [-0.2, -0.15) is 0 Å². The summed E-state index contributed by atoms with van der Waals surface area (Å²) in [4.78, 5) is 24.2. The summed E-state index contributed by atoms with van der Waals surface area (Å²) in [5.41, 5.74) is 6.35. The number of amides is 1. The Morgan fingerprint density at radius 2 is 2.00 bits per heavy atom. The first-order valence-electron chi connectivity index (χ1n) is 4.83. The van der Waals surface area contributed by atoms with Crippen LogP contribution in [0.1, 0.15) is 10.4 Å². The van der Waals surface area contributed by atoms with Crippen LogP contribution in [0.15, 0.2) is 22.7 Å². The lowest BCUT2D eigenvalue weighted by atomic mass is 10.2. The number of rotatable bonds is 3. The molecule has 0 radical (unpaired) electrons. The number of carbonyl (C=O) groups excluding carboxylic acids is 2. The third-order valence-electron chi connectivity index (χ3n) is 1.98. The van der Waals surface area contributed by atoms with Crippen molar-refractivity contribution in [2.45, 2.75) is 0 Å². The molecule has 0 heterocycles. The molecule has 1 aromatic carbocycles. The summed E-state index contributed by atoms with van der Waals surface area (Å²) >= 11 is 3.22. The zero-order valence-electron chi connectivity index (χ0n) is 9.57. The summed E-state index contributed by atoms with van der Waals surface area (Å²) in [5.74, 6) is -0.852. The summed E-state index contributed by atoms with van der Waals surface area (Å²) in [7, 11) is 3.18. The number of esters is 1. The van der Waals surface area contributed by atoms with Crippen LogP contribution in [0, 0.1) is 0 Å². The minimum absolute atomic E-state index is 0.277. The molecule has 0 fully saturated rings. The van der Waals surface area contributed by atoms with Gasteiger partial charge in [-0.1, -0.05) is 15.9 Å². The highest BCUT2D eigenvalue weighted by atomic mass is 79.9. The van der Waals surface area contributed by atoms with Crippen molar-refractivity contribution < 1.29 is 14.3 Å². The molecule has 0 bridgehead atoms. The third-order valence-corrected chi connectivity index (χ3v) is 2.44. The van der Waals surface area contributed by atoms with Crippen LogP contribution in [0.25, 0.3) is 0 Å². The summed E-state index contributed by atoms with van der Waals surface area (Å²) < 4.78 is 5.54. The molecule has 0 aliphatic rings. The second-order valence-corrected chi connectivity index (χ2v) is 4.55. The van der Waals surface area contributed by atoms with E-state index in [9.17, 15) is 9.59 Å². The normalized spacial score (nSPS) is 9.82. The molecule has 0 aliphatic carbocycles. The van der Waals surface area contributed by atoms with E-state index in [0.29, 0.717) is 15.7 Å². The van der Waals surface area contributed by atoms with Crippen LogP contribution in [-0.2, 0) is 9.53 Å². The van der Waals surface area contributed by atoms with E-state index in [4.69, 9.17) is 10.5 Å². The molecule has 0 atom stereocenters. The van der Waals surface area contributed by atoms with Gasteiger partial charge in [-0.05, 0) is 18.2 Å². The number of ether oxygens (including phenoxy) is 1. The van der Waals surface area contributed by atoms with Gasteiger partial charge in [-0.15, -0.1) is 0 Å². The smallest absolute Gasteiger partial charge is 0.338 e. The van der Waals surface area contributed by atoms with Crippen LogP contribution in [-0.4, -0.2) is 37.5 Å². The number of carbonyl (C=O) groups is 2. The summed E-state index contributed by atoms with van der Waals surface area (Å²) in [5, 5.41) is 0. The zero-order chi connectivity index (χ0) is 13.0. The number of anilines is 1. The number of hydrogen-bond acceptors (Lipinski definition) is 4. The number of nitrogens with zero attached hydrogens (tertiary/aromatic N) is 1. The van der Waals surface area contributed by atoms with Crippen molar-refractivity contribution in [1.82, 2.24) is 4.90 Å². The minimum Gasteiger partial charge on any atom is -0.452 e. The Balaban J connectivity index is 2.67. The van der Waals surface area contributed by atoms with E-state index in [1.807, 2.05) is 0 Å². The molecular formula is C11H13BrN2O3. The van der Waals surface area contributed by atoms with Crippen molar-refractivity contribution in [1.29, 1.82) is 0 Å². The van der Waals surface area contributed by atoms with Crippen molar-refractivity contribution >= 4 is 33.5 Å². The molecule has 0 aromatic heterocycles. The fraction of sp³-hybridized carbons (Fsp3) is 0.273. The van der Waals surface area contributed by atoms with E-state index >= 15 is 0 Å². The van der Waals surface area contributed by atoms with Crippen molar-refractivity contribution in [3.05, 3.63) is 28.2 Å². The van der Waals surface area contributed by atoms with E-state index in [0.717, 1.165) is 0 Å². The largest absolute Gasteiger partial charge is 0.452 e. The first-order valence-corrected chi connectivity index (χ1v) is 5.63. The van der Waals surface area contributed by atoms with Crippen molar-refractivity contribution in [3.8, 4) is 0 Å². The highest BCUT2D eigenvalue weighted by Gasteiger charge is 2.12. The second-order valence-electron chi connectivity index (χ2n) is 3.64.